The van der Waals surface area contributed by atoms with E-state index in [-0.39, 0.29) is 30.3 Å². The summed E-state index contributed by atoms with van der Waals surface area (Å²) in [7, 11) is 1.52. The van der Waals surface area contributed by atoms with Crippen LogP contribution < -0.4 is 10.1 Å². The minimum atomic E-state index is -0.491. The Labute approximate surface area is 151 Å². The molecular weight excluding hydrogens is 334 g/mol. The SMILES string of the molecule is CCOC(=O)c1cc(C(=O)NC)c2c(c1)C(c1cccc(O)c1)C(C)O2. The normalized spacial score (nSPS) is 18.0. The van der Waals surface area contributed by atoms with Crippen molar-refractivity contribution in [3.63, 3.8) is 0 Å². The zero-order valence-corrected chi connectivity index (χ0v) is 14.9. The van der Waals surface area contributed by atoms with Gasteiger partial charge in [-0.05, 0) is 43.7 Å². The summed E-state index contributed by atoms with van der Waals surface area (Å²) in [5.74, 6) is -0.435. The van der Waals surface area contributed by atoms with E-state index in [4.69, 9.17) is 9.47 Å². The van der Waals surface area contributed by atoms with Crippen LogP contribution in [-0.4, -0.2) is 36.7 Å². The number of hydrogen-bond acceptors (Lipinski definition) is 5. The first kappa shape index (κ1) is 17.8. The molecule has 1 heterocycles. The van der Waals surface area contributed by atoms with Crippen LogP contribution >= 0.6 is 0 Å². The molecule has 0 saturated heterocycles. The summed E-state index contributed by atoms with van der Waals surface area (Å²) in [4.78, 5) is 24.6. The number of benzene rings is 2. The molecule has 0 aliphatic carbocycles. The molecule has 0 radical (unpaired) electrons. The number of hydrogen-bond donors (Lipinski definition) is 2. The van der Waals surface area contributed by atoms with Crippen molar-refractivity contribution in [3.8, 4) is 11.5 Å². The lowest BCUT2D eigenvalue weighted by atomic mass is 9.87. The van der Waals surface area contributed by atoms with Crippen LogP contribution in [0.25, 0.3) is 0 Å². The largest absolute Gasteiger partial charge is 0.508 e. The molecule has 1 amide bonds. The lowest BCUT2D eigenvalue weighted by Gasteiger charge is -2.15. The van der Waals surface area contributed by atoms with Crippen LogP contribution in [0.4, 0.5) is 0 Å². The molecule has 2 aromatic rings. The van der Waals surface area contributed by atoms with E-state index in [2.05, 4.69) is 5.32 Å². The second-order valence-corrected chi connectivity index (χ2v) is 6.14. The average Bonchev–Trinajstić information content (AvgIpc) is 2.96. The van der Waals surface area contributed by atoms with Crippen LogP contribution in [0.3, 0.4) is 0 Å². The molecule has 2 aromatic carbocycles. The standard InChI is InChI=1S/C20H21NO5/c1-4-25-20(24)13-9-15-17(12-6-5-7-14(22)8-12)11(2)26-18(15)16(10-13)19(23)21-3/h5-11,17,22H,4H2,1-3H3,(H,21,23). The Morgan fingerprint density at radius 3 is 2.69 bits per heavy atom. The second-order valence-electron chi connectivity index (χ2n) is 6.14. The number of amides is 1. The van der Waals surface area contributed by atoms with Gasteiger partial charge in [0.2, 0.25) is 0 Å². The van der Waals surface area contributed by atoms with E-state index in [1.165, 1.54) is 13.1 Å². The number of esters is 1. The lowest BCUT2D eigenvalue weighted by Crippen LogP contribution is -2.20. The summed E-state index contributed by atoms with van der Waals surface area (Å²) in [6, 6.07) is 10.1. The van der Waals surface area contributed by atoms with Gasteiger partial charge in [-0.1, -0.05) is 12.1 Å². The number of phenols is 1. The number of phenolic OH excluding ortho intramolecular Hbond substituents is 1. The minimum absolute atomic E-state index is 0.149. The maximum absolute atomic E-state index is 12.3. The molecule has 2 atom stereocenters. The van der Waals surface area contributed by atoms with Gasteiger partial charge >= 0.3 is 5.97 Å². The van der Waals surface area contributed by atoms with Gasteiger partial charge in [0.05, 0.1) is 17.7 Å². The highest BCUT2D eigenvalue weighted by atomic mass is 16.5. The summed E-state index contributed by atoms with van der Waals surface area (Å²) < 4.78 is 11.1. The molecule has 2 N–H and O–H groups in total. The number of nitrogens with one attached hydrogen (secondary N) is 1. The van der Waals surface area contributed by atoms with E-state index in [0.29, 0.717) is 16.9 Å². The fourth-order valence-electron chi connectivity index (χ4n) is 3.33. The number of fused-ring (bicyclic) bond motifs is 1. The maximum Gasteiger partial charge on any atom is 0.338 e. The van der Waals surface area contributed by atoms with Crippen LogP contribution in [0.2, 0.25) is 0 Å². The third-order valence-electron chi connectivity index (χ3n) is 4.44. The van der Waals surface area contributed by atoms with Crippen molar-refractivity contribution in [3.05, 3.63) is 58.7 Å². The first-order valence-electron chi connectivity index (χ1n) is 8.49. The van der Waals surface area contributed by atoms with E-state index >= 15 is 0 Å². The van der Waals surface area contributed by atoms with Gasteiger partial charge in [0, 0.05) is 18.5 Å². The lowest BCUT2D eigenvalue weighted by molar-refractivity contribution is 0.0526. The first-order valence-corrected chi connectivity index (χ1v) is 8.49. The van der Waals surface area contributed by atoms with Crippen LogP contribution in [0, 0.1) is 0 Å². The molecule has 0 saturated carbocycles. The predicted octanol–water partition coefficient (Wildman–Crippen LogP) is 2.84. The van der Waals surface area contributed by atoms with Gasteiger partial charge in [0.15, 0.2) is 0 Å². The van der Waals surface area contributed by atoms with Gasteiger partial charge in [-0.15, -0.1) is 0 Å². The van der Waals surface area contributed by atoms with Crippen molar-refractivity contribution in [1.82, 2.24) is 5.32 Å². The summed E-state index contributed by atoms with van der Waals surface area (Å²) in [5, 5.41) is 12.4. The third kappa shape index (κ3) is 3.10. The van der Waals surface area contributed by atoms with E-state index in [0.717, 1.165) is 11.1 Å². The van der Waals surface area contributed by atoms with Crippen molar-refractivity contribution in [2.45, 2.75) is 25.9 Å². The molecule has 26 heavy (non-hydrogen) atoms. The maximum atomic E-state index is 12.3. The van der Waals surface area contributed by atoms with Crippen LogP contribution in [0.15, 0.2) is 36.4 Å². The van der Waals surface area contributed by atoms with Crippen LogP contribution in [-0.2, 0) is 4.74 Å². The first-order chi connectivity index (χ1) is 12.5. The molecule has 6 nitrogen and oxygen atoms in total. The van der Waals surface area contributed by atoms with E-state index < -0.39 is 5.97 Å². The van der Waals surface area contributed by atoms with Crippen molar-refractivity contribution in [1.29, 1.82) is 0 Å². The van der Waals surface area contributed by atoms with Crippen molar-refractivity contribution in [2.75, 3.05) is 13.7 Å². The topological polar surface area (TPSA) is 84.9 Å². The third-order valence-corrected chi connectivity index (χ3v) is 4.44. The highest BCUT2D eigenvalue weighted by Gasteiger charge is 2.36. The summed E-state index contributed by atoms with van der Waals surface area (Å²) in [6.07, 6.45) is -0.257. The minimum Gasteiger partial charge on any atom is -0.508 e. The molecule has 136 valence electrons. The van der Waals surface area contributed by atoms with Crippen LogP contribution in [0.5, 0.6) is 11.5 Å². The molecule has 1 aliphatic heterocycles. The van der Waals surface area contributed by atoms with Gasteiger partial charge in [-0.2, -0.15) is 0 Å². The molecule has 0 fully saturated rings. The molecular formula is C20H21NO5. The molecule has 1 aliphatic rings. The highest BCUT2D eigenvalue weighted by molar-refractivity contribution is 6.01. The Kier molecular flexibility index (Phi) is 4.84. The summed E-state index contributed by atoms with van der Waals surface area (Å²) in [6.45, 7) is 3.87. The van der Waals surface area contributed by atoms with Gasteiger partial charge in [0.1, 0.15) is 17.6 Å². The molecule has 2 unspecified atom stereocenters. The van der Waals surface area contributed by atoms with Crippen LogP contribution in [0.1, 0.15) is 51.6 Å². The summed E-state index contributed by atoms with van der Waals surface area (Å²) in [5.41, 5.74) is 2.17. The zero-order chi connectivity index (χ0) is 18.8. The Bertz CT molecular complexity index is 861. The second kappa shape index (κ2) is 7.07. The van der Waals surface area contributed by atoms with E-state index in [1.54, 1.807) is 31.2 Å². The molecule has 0 spiro atoms. The van der Waals surface area contributed by atoms with E-state index in [9.17, 15) is 14.7 Å². The number of carbonyl (C=O) groups excluding carboxylic acids is 2. The highest BCUT2D eigenvalue weighted by Crippen LogP contribution is 2.45. The average molecular weight is 355 g/mol. The quantitative estimate of drug-likeness (QED) is 0.824. The number of aromatic hydroxyl groups is 1. The monoisotopic (exact) mass is 355 g/mol. The Hall–Kier alpha value is -3.02. The van der Waals surface area contributed by atoms with Crippen molar-refractivity contribution < 1.29 is 24.2 Å². The fraction of sp³-hybridized carbons (Fsp3) is 0.300. The zero-order valence-electron chi connectivity index (χ0n) is 14.9. The number of carbonyl (C=O) groups is 2. The molecule has 0 aromatic heterocycles. The molecule has 0 bridgehead atoms. The predicted molar refractivity (Wildman–Crippen MR) is 95.8 cm³/mol. The van der Waals surface area contributed by atoms with Gasteiger partial charge in [-0.3, -0.25) is 4.79 Å². The van der Waals surface area contributed by atoms with Gasteiger partial charge < -0.3 is 19.9 Å². The van der Waals surface area contributed by atoms with Gasteiger partial charge in [0.25, 0.3) is 5.91 Å². The number of ether oxygens (including phenoxy) is 2. The Balaban J connectivity index is 2.17. The smallest absolute Gasteiger partial charge is 0.338 e. The Morgan fingerprint density at radius 2 is 2.04 bits per heavy atom. The van der Waals surface area contributed by atoms with E-state index in [1.807, 2.05) is 13.0 Å². The Morgan fingerprint density at radius 1 is 1.27 bits per heavy atom. The van der Waals surface area contributed by atoms with Crippen molar-refractivity contribution in [2.24, 2.45) is 0 Å². The fourth-order valence-corrected chi connectivity index (χ4v) is 3.33. The van der Waals surface area contributed by atoms with Crippen molar-refractivity contribution >= 4 is 11.9 Å². The van der Waals surface area contributed by atoms with Gasteiger partial charge in [-0.25, -0.2) is 4.79 Å². The molecule has 6 heteroatoms. The number of rotatable bonds is 4. The summed E-state index contributed by atoms with van der Waals surface area (Å²) >= 11 is 0. The molecule has 3 rings (SSSR count).